The van der Waals surface area contributed by atoms with Crippen LogP contribution in [-0.4, -0.2) is 80.4 Å². The summed E-state index contributed by atoms with van der Waals surface area (Å²) in [5, 5.41) is 6.91. The number of methoxy groups -OCH3 is 2. The smallest absolute Gasteiger partial charge is 0.319 e. The van der Waals surface area contributed by atoms with Crippen molar-refractivity contribution in [2.45, 2.75) is 6.17 Å². The third-order valence-electron chi connectivity index (χ3n) is 6.53. The largest absolute Gasteiger partial charge is 0.480 e. The van der Waals surface area contributed by atoms with Gasteiger partial charge in [-0.2, -0.15) is 4.98 Å². The van der Waals surface area contributed by atoms with Gasteiger partial charge in [-0.15, -0.1) is 0 Å². The molecule has 2 N–H and O–H groups in total. The molecule has 40 heavy (non-hydrogen) atoms. The monoisotopic (exact) mass is 581 g/mol. The molecule has 0 bridgehead atoms. The number of nitrogens with zero attached hydrogens (tertiary/aromatic N) is 5. The number of carbonyl (C=O) groups excluding carboxylic acids is 1. The maximum Gasteiger partial charge on any atom is 0.319 e. The van der Waals surface area contributed by atoms with Gasteiger partial charge in [-0.1, -0.05) is 11.6 Å². The maximum absolute atomic E-state index is 13.6. The zero-order valence-corrected chi connectivity index (χ0v) is 23.8. The fraction of sp³-hybridized carbons (Fsp3) is 0.296. The molecule has 1 amide bonds. The van der Waals surface area contributed by atoms with E-state index in [1.807, 2.05) is 24.3 Å². The van der Waals surface area contributed by atoms with Crippen molar-refractivity contribution in [3.63, 3.8) is 0 Å². The van der Waals surface area contributed by atoms with Gasteiger partial charge in [0, 0.05) is 48.3 Å². The van der Waals surface area contributed by atoms with E-state index < -0.39 is 6.17 Å². The summed E-state index contributed by atoms with van der Waals surface area (Å²) < 4.78 is 16.1. The van der Waals surface area contributed by atoms with E-state index in [1.165, 1.54) is 25.3 Å². The normalized spacial score (nSPS) is 16.9. The molecule has 3 aromatic rings. The minimum Gasteiger partial charge on any atom is -0.480 e. The molecule has 0 aliphatic carbocycles. The summed E-state index contributed by atoms with van der Waals surface area (Å²) in [5.41, 5.74) is 3.96. The van der Waals surface area contributed by atoms with Gasteiger partial charge in [-0.3, -0.25) is 4.79 Å². The van der Waals surface area contributed by atoms with Crippen LogP contribution in [0.5, 0.6) is 11.9 Å². The molecule has 0 saturated carbocycles. The number of nitrogens with one attached hydrogen (secondary N) is 2. The van der Waals surface area contributed by atoms with Crippen LogP contribution in [0.2, 0.25) is 5.02 Å². The first-order valence-electron chi connectivity index (χ1n) is 12.5. The first kappa shape index (κ1) is 27.6. The Hall–Kier alpha value is -4.00. The second kappa shape index (κ2) is 12.0. The topological polar surface area (TPSA) is 113 Å². The number of benzene rings is 2. The predicted molar refractivity (Wildman–Crippen MR) is 158 cm³/mol. The Morgan fingerprint density at radius 1 is 1.10 bits per heavy atom. The van der Waals surface area contributed by atoms with Gasteiger partial charge in [-0.25, -0.2) is 9.98 Å². The molecule has 1 aromatic heterocycles. The van der Waals surface area contributed by atoms with Gasteiger partial charge in [0.05, 0.1) is 44.4 Å². The summed E-state index contributed by atoms with van der Waals surface area (Å²) in [6, 6.07) is 13.3. The first-order valence-corrected chi connectivity index (χ1v) is 13.3. The minimum absolute atomic E-state index is 0.133. The Kier molecular flexibility index (Phi) is 8.29. The van der Waals surface area contributed by atoms with Crippen LogP contribution in [0, 0.1) is 0 Å². The molecule has 11 nitrogen and oxygen atoms in total. The molecular weight excluding hydrogens is 554 g/mol. The highest BCUT2D eigenvalue weighted by Crippen LogP contribution is 2.32. The van der Waals surface area contributed by atoms with Gasteiger partial charge in [0.2, 0.25) is 12.0 Å². The summed E-state index contributed by atoms with van der Waals surface area (Å²) >= 11 is 11.9. The number of likely N-dealkylation sites (N-methyl/N-ethyl adjacent to an activating group) is 1. The zero-order chi connectivity index (χ0) is 28.2. The number of anilines is 3. The van der Waals surface area contributed by atoms with Crippen LogP contribution in [0.4, 0.5) is 17.1 Å². The van der Waals surface area contributed by atoms with E-state index in [-0.39, 0.29) is 22.9 Å². The van der Waals surface area contributed by atoms with Gasteiger partial charge in [0.15, 0.2) is 5.11 Å². The van der Waals surface area contributed by atoms with E-state index in [4.69, 9.17) is 43.0 Å². The number of fused-ring (bicyclic) bond motifs is 1. The number of rotatable bonds is 6. The van der Waals surface area contributed by atoms with Crippen LogP contribution in [0.15, 0.2) is 53.7 Å². The molecule has 1 atom stereocenters. The number of morpholine rings is 1. The van der Waals surface area contributed by atoms with Crippen LogP contribution in [0.1, 0.15) is 11.1 Å². The van der Waals surface area contributed by atoms with Crippen LogP contribution in [0.25, 0.3) is 0 Å². The molecule has 13 heteroatoms. The Morgan fingerprint density at radius 2 is 1.85 bits per heavy atom. The highest BCUT2D eigenvalue weighted by molar-refractivity contribution is 7.80. The van der Waals surface area contributed by atoms with Crippen molar-refractivity contribution >= 4 is 57.6 Å². The van der Waals surface area contributed by atoms with Gasteiger partial charge in [0.1, 0.15) is 0 Å². The van der Waals surface area contributed by atoms with Crippen molar-refractivity contribution in [1.29, 1.82) is 0 Å². The fourth-order valence-electron chi connectivity index (χ4n) is 4.49. The van der Waals surface area contributed by atoms with Crippen LogP contribution >= 0.6 is 23.8 Å². The summed E-state index contributed by atoms with van der Waals surface area (Å²) in [4.78, 5) is 30.7. The lowest BCUT2D eigenvalue weighted by Crippen LogP contribution is -2.47. The van der Waals surface area contributed by atoms with E-state index >= 15 is 0 Å². The maximum atomic E-state index is 13.6. The lowest BCUT2D eigenvalue weighted by molar-refractivity contribution is -0.119. The van der Waals surface area contributed by atoms with E-state index in [9.17, 15) is 4.79 Å². The molecular formula is C27H28ClN7O4S. The molecule has 1 fully saturated rings. The summed E-state index contributed by atoms with van der Waals surface area (Å²) in [6.45, 7) is 3.12. The fourth-order valence-corrected chi connectivity index (χ4v) is 4.89. The van der Waals surface area contributed by atoms with Gasteiger partial charge >= 0.3 is 6.01 Å². The van der Waals surface area contributed by atoms with Crippen molar-refractivity contribution in [1.82, 2.24) is 15.3 Å². The Morgan fingerprint density at radius 3 is 2.55 bits per heavy atom. The third-order valence-corrected chi connectivity index (χ3v) is 6.98. The van der Waals surface area contributed by atoms with Gasteiger partial charge in [-0.05, 0) is 54.7 Å². The molecule has 208 valence electrons. The predicted octanol–water partition coefficient (Wildman–Crippen LogP) is 3.11. The average Bonchev–Trinajstić information content (AvgIpc) is 3.07. The van der Waals surface area contributed by atoms with E-state index in [1.54, 1.807) is 25.2 Å². The summed E-state index contributed by atoms with van der Waals surface area (Å²) in [7, 11) is 4.62. The van der Waals surface area contributed by atoms with Crippen LogP contribution in [0.3, 0.4) is 0 Å². The SMILES string of the molecule is COc1ncc(C2=NC(NC(=S)Nc3ccc(N4CCOCC4)cc3)C(=O)N(C)c3ccc(Cl)cc32)c(OC)n1. The van der Waals surface area contributed by atoms with Gasteiger partial charge in [0.25, 0.3) is 5.91 Å². The molecule has 2 aromatic carbocycles. The second-order valence-electron chi connectivity index (χ2n) is 8.96. The number of hydrogen-bond acceptors (Lipinski definition) is 9. The molecule has 1 unspecified atom stereocenters. The molecule has 0 spiro atoms. The Bertz CT molecular complexity index is 1450. The number of aromatic nitrogens is 2. The quantitative estimate of drug-likeness (QED) is 0.421. The molecule has 0 radical (unpaired) electrons. The number of hydrogen-bond donors (Lipinski definition) is 2. The van der Waals surface area contributed by atoms with Crippen molar-refractivity contribution in [3.05, 3.63) is 64.8 Å². The number of thiocarbonyl (C=S) groups is 1. The molecule has 3 heterocycles. The average molecular weight is 582 g/mol. The summed E-state index contributed by atoms with van der Waals surface area (Å²) in [6.07, 6.45) is 0.471. The van der Waals surface area contributed by atoms with Crippen molar-refractivity contribution < 1.29 is 19.0 Å². The van der Waals surface area contributed by atoms with E-state index in [0.717, 1.165) is 24.5 Å². The number of halogens is 1. The molecule has 5 rings (SSSR count). The second-order valence-corrected chi connectivity index (χ2v) is 9.81. The standard InChI is InChI=1S/C27H28ClN7O4S/c1-34-21-9-4-16(28)14-19(21)22(20-15-29-26(38-3)33-24(20)37-2)31-23(25(34)36)32-27(40)30-17-5-7-18(8-6-17)35-10-12-39-13-11-35/h4-9,14-15,23H,10-13H2,1-3H3,(H2,30,32,40). The lowest BCUT2D eigenvalue weighted by atomic mass is 10.0. The van der Waals surface area contributed by atoms with Crippen molar-refractivity contribution in [2.24, 2.45) is 4.99 Å². The molecule has 2 aliphatic heterocycles. The van der Waals surface area contributed by atoms with E-state index in [2.05, 4.69) is 25.5 Å². The van der Waals surface area contributed by atoms with Crippen LogP contribution in [-0.2, 0) is 9.53 Å². The summed E-state index contributed by atoms with van der Waals surface area (Å²) in [5.74, 6) is -0.0906. The Balaban J connectivity index is 1.44. The molecule has 1 saturated heterocycles. The number of ether oxygens (including phenoxy) is 3. The number of carbonyl (C=O) groups is 1. The number of benzodiazepines with no additional fused rings is 1. The lowest BCUT2D eigenvalue weighted by Gasteiger charge is -2.29. The minimum atomic E-state index is -1.06. The highest BCUT2D eigenvalue weighted by atomic mass is 35.5. The van der Waals surface area contributed by atoms with Crippen LogP contribution < -0.4 is 29.9 Å². The number of amides is 1. The number of aliphatic imine (C=N–C) groups is 1. The molecule has 2 aliphatic rings. The zero-order valence-electron chi connectivity index (χ0n) is 22.2. The Labute approximate surface area is 242 Å². The van der Waals surface area contributed by atoms with E-state index in [0.29, 0.717) is 40.8 Å². The van der Waals surface area contributed by atoms with Crippen molar-refractivity contribution in [3.8, 4) is 11.9 Å². The van der Waals surface area contributed by atoms with Gasteiger partial charge < -0.3 is 34.6 Å². The van der Waals surface area contributed by atoms with Crippen molar-refractivity contribution in [2.75, 3.05) is 62.7 Å². The first-order chi connectivity index (χ1) is 19.4. The highest BCUT2D eigenvalue weighted by Gasteiger charge is 2.32. The third kappa shape index (κ3) is 5.79.